The molecule has 110 valence electrons. The van der Waals surface area contributed by atoms with Crippen LogP contribution in [0.3, 0.4) is 0 Å². The Hall–Kier alpha value is -1.53. The van der Waals surface area contributed by atoms with Gasteiger partial charge in [-0.15, -0.1) is 0 Å². The first-order chi connectivity index (χ1) is 9.52. The summed E-state index contributed by atoms with van der Waals surface area (Å²) in [6, 6.07) is 6.57. The van der Waals surface area contributed by atoms with Crippen molar-refractivity contribution in [1.29, 1.82) is 0 Å². The summed E-state index contributed by atoms with van der Waals surface area (Å²) < 4.78 is 26.2. The zero-order valence-corrected chi connectivity index (χ0v) is 12.3. The number of unbranched alkanes of at least 4 members (excludes halogenated alkanes) is 1. The largest absolute Gasteiger partial charge is 0.303 e. The number of hydrogen-bond acceptors (Lipinski definition) is 4. The van der Waals surface area contributed by atoms with Crippen LogP contribution in [0.4, 0.5) is 0 Å². The Morgan fingerprint density at radius 3 is 2.15 bits per heavy atom. The van der Waals surface area contributed by atoms with Crippen LogP contribution >= 0.6 is 0 Å². The number of aryl methyl sites for hydroxylation is 1. The van der Waals surface area contributed by atoms with Gasteiger partial charge in [0.2, 0.25) is 10.0 Å². The quantitative estimate of drug-likeness (QED) is 0.512. The maximum absolute atomic E-state index is 12.5. The van der Waals surface area contributed by atoms with E-state index in [9.17, 15) is 18.0 Å². The fraction of sp³-hybridized carbons (Fsp3) is 0.429. The average Bonchev–Trinajstić information content (AvgIpc) is 2.43. The Kier molecular flexibility index (Phi) is 6.54. The van der Waals surface area contributed by atoms with E-state index in [0.29, 0.717) is 19.1 Å². The van der Waals surface area contributed by atoms with E-state index < -0.39 is 10.0 Å². The highest BCUT2D eigenvalue weighted by atomic mass is 32.2. The van der Waals surface area contributed by atoms with Crippen molar-refractivity contribution in [2.45, 2.75) is 31.1 Å². The molecule has 0 fully saturated rings. The van der Waals surface area contributed by atoms with Gasteiger partial charge in [0.1, 0.15) is 12.6 Å². The van der Waals surface area contributed by atoms with Crippen molar-refractivity contribution in [1.82, 2.24) is 4.31 Å². The molecule has 1 aromatic carbocycles. The molecule has 0 aliphatic carbocycles. The molecule has 0 saturated heterocycles. The van der Waals surface area contributed by atoms with Crippen molar-refractivity contribution >= 4 is 22.6 Å². The minimum atomic E-state index is -3.61. The van der Waals surface area contributed by atoms with Crippen molar-refractivity contribution < 1.29 is 18.0 Å². The first-order valence-corrected chi connectivity index (χ1v) is 7.90. The van der Waals surface area contributed by atoms with Gasteiger partial charge in [-0.3, -0.25) is 0 Å². The lowest BCUT2D eigenvalue weighted by atomic mass is 10.2. The van der Waals surface area contributed by atoms with Gasteiger partial charge in [0.05, 0.1) is 4.90 Å². The van der Waals surface area contributed by atoms with Crippen LogP contribution in [0.1, 0.15) is 24.8 Å². The highest BCUT2D eigenvalue weighted by molar-refractivity contribution is 7.89. The first kappa shape index (κ1) is 16.5. The molecule has 0 heterocycles. The average molecular weight is 297 g/mol. The maximum Gasteiger partial charge on any atom is 0.243 e. The van der Waals surface area contributed by atoms with Gasteiger partial charge in [0.25, 0.3) is 0 Å². The van der Waals surface area contributed by atoms with Crippen LogP contribution in [0.15, 0.2) is 29.2 Å². The summed E-state index contributed by atoms with van der Waals surface area (Å²) in [5.41, 5.74) is 0.976. The Labute approximate surface area is 119 Å². The second kappa shape index (κ2) is 7.91. The van der Waals surface area contributed by atoms with E-state index in [1.807, 2.05) is 6.92 Å². The second-order valence-corrected chi connectivity index (χ2v) is 6.42. The fourth-order valence-electron chi connectivity index (χ4n) is 1.76. The van der Waals surface area contributed by atoms with E-state index >= 15 is 0 Å². The van der Waals surface area contributed by atoms with Crippen LogP contribution < -0.4 is 0 Å². The standard InChI is InChI=1S/C14H19NO4S/c1-13-5-7-14(8-6-13)20(18,19)15(10-4-12-17)9-2-3-11-16/h5-8,11-12H,2-4,9-10H2,1H3. The summed E-state index contributed by atoms with van der Waals surface area (Å²) in [5.74, 6) is 0. The van der Waals surface area contributed by atoms with Crippen molar-refractivity contribution in [2.24, 2.45) is 0 Å². The van der Waals surface area contributed by atoms with Crippen LogP contribution in [0.2, 0.25) is 0 Å². The molecule has 0 atom stereocenters. The number of benzene rings is 1. The molecule has 0 aliphatic rings. The topological polar surface area (TPSA) is 71.5 Å². The lowest BCUT2D eigenvalue weighted by Gasteiger charge is -2.21. The molecule has 0 unspecified atom stereocenters. The van der Waals surface area contributed by atoms with Crippen LogP contribution in [0.25, 0.3) is 0 Å². The third-order valence-electron chi connectivity index (χ3n) is 2.88. The predicted molar refractivity (Wildman–Crippen MR) is 75.9 cm³/mol. The van der Waals surface area contributed by atoms with Crippen molar-refractivity contribution in [2.75, 3.05) is 13.1 Å². The molecule has 0 bridgehead atoms. The minimum Gasteiger partial charge on any atom is -0.303 e. The first-order valence-electron chi connectivity index (χ1n) is 6.46. The molecule has 5 nitrogen and oxygen atoms in total. The van der Waals surface area contributed by atoms with Gasteiger partial charge in [-0.1, -0.05) is 17.7 Å². The van der Waals surface area contributed by atoms with Crippen LogP contribution in [-0.4, -0.2) is 38.4 Å². The van der Waals surface area contributed by atoms with Gasteiger partial charge < -0.3 is 9.59 Å². The lowest BCUT2D eigenvalue weighted by Crippen LogP contribution is -2.33. The second-order valence-electron chi connectivity index (χ2n) is 4.48. The molecule has 1 rings (SSSR count). The zero-order chi connectivity index (χ0) is 15.0. The highest BCUT2D eigenvalue weighted by Gasteiger charge is 2.23. The zero-order valence-electron chi connectivity index (χ0n) is 11.5. The number of sulfonamides is 1. The summed E-state index contributed by atoms with van der Waals surface area (Å²) in [6.45, 7) is 2.26. The predicted octanol–water partition coefficient (Wildman–Crippen LogP) is 1.55. The molecule has 0 N–H and O–H groups in total. The number of carbonyl (C=O) groups is 2. The number of hydrogen-bond donors (Lipinski definition) is 0. The molecule has 6 heteroatoms. The van der Waals surface area contributed by atoms with Gasteiger partial charge in [0, 0.05) is 25.9 Å². The number of aldehydes is 2. The van der Waals surface area contributed by atoms with Gasteiger partial charge in [-0.05, 0) is 25.5 Å². The molecule has 20 heavy (non-hydrogen) atoms. The summed E-state index contributed by atoms with van der Waals surface area (Å²) in [6.07, 6.45) is 2.36. The Bertz CT molecular complexity index is 537. The van der Waals surface area contributed by atoms with Gasteiger partial charge in [0.15, 0.2) is 0 Å². The molecule has 0 radical (unpaired) electrons. The Balaban J connectivity index is 2.93. The van der Waals surface area contributed by atoms with E-state index in [2.05, 4.69) is 0 Å². The van der Waals surface area contributed by atoms with E-state index in [4.69, 9.17) is 0 Å². The lowest BCUT2D eigenvalue weighted by molar-refractivity contribution is -0.109. The molecule has 0 spiro atoms. The molecular formula is C14H19NO4S. The van der Waals surface area contributed by atoms with Crippen LogP contribution in [-0.2, 0) is 19.6 Å². The van der Waals surface area contributed by atoms with E-state index in [0.717, 1.165) is 11.8 Å². The SMILES string of the molecule is Cc1ccc(S(=O)(=O)N(CCC=O)CCCC=O)cc1. The third kappa shape index (κ3) is 4.54. The van der Waals surface area contributed by atoms with Gasteiger partial charge >= 0.3 is 0 Å². The van der Waals surface area contributed by atoms with Crippen molar-refractivity contribution in [3.05, 3.63) is 29.8 Å². The normalized spacial score (nSPS) is 11.5. The Morgan fingerprint density at radius 2 is 1.60 bits per heavy atom. The molecular weight excluding hydrogens is 278 g/mol. The monoisotopic (exact) mass is 297 g/mol. The summed E-state index contributed by atoms with van der Waals surface area (Å²) in [7, 11) is -3.61. The van der Waals surface area contributed by atoms with Gasteiger partial charge in [-0.25, -0.2) is 8.42 Å². The summed E-state index contributed by atoms with van der Waals surface area (Å²) in [5, 5.41) is 0. The Morgan fingerprint density at radius 1 is 1.00 bits per heavy atom. The smallest absolute Gasteiger partial charge is 0.243 e. The van der Waals surface area contributed by atoms with E-state index in [1.165, 1.54) is 4.31 Å². The molecule has 0 aliphatic heterocycles. The number of nitrogens with zero attached hydrogens (tertiary/aromatic N) is 1. The van der Waals surface area contributed by atoms with E-state index in [1.54, 1.807) is 24.3 Å². The third-order valence-corrected chi connectivity index (χ3v) is 4.80. The fourth-order valence-corrected chi connectivity index (χ4v) is 3.25. The van der Waals surface area contributed by atoms with Crippen LogP contribution in [0.5, 0.6) is 0 Å². The highest BCUT2D eigenvalue weighted by Crippen LogP contribution is 2.17. The maximum atomic E-state index is 12.5. The number of carbonyl (C=O) groups excluding carboxylic acids is 2. The number of rotatable bonds is 9. The van der Waals surface area contributed by atoms with Crippen molar-refractivity contribution in [3.8, 4) is 0 Å². The molecule has 1 aromatic rings. The van der Waals surface area contributed by atoms with Gasteiger partial charge in [-0.2, -0.15) is 4.31 Å². The molecule has 0 saturated carbocycles. The van der Waals surface area contributed by atoms with Crippen molar-refractivity contribution in [3.63, 3.8) is 0 Å². The molecule has 0 amide bonds. The summed E-state index contributed by atoms with van der Waals surface area (Å²) in [4.78, 5) is 21.0. The molecule has 0 aromatic heterocycles. The summed E-state index contributed by atoms with van der Waals surface area (Å²) >= 11 is 0. The van der Waals surface area contributed by atoms with Crippen LogP contribution in [0, 0.1) is 6.92 Å². The van der Waals surface area contributed by atoms with E-state index in [-0.39, 0.29) is 24.4 Å². The minimum absolute atomic E-state index is 0.137.